The van der Waals surface area contributed by atoms with Gasteiger partial charge in [-0.15, -0.1) is 0 Å². The minimum absolute atomic E-state index is 0.176. The number of hydrogen-bond donors (Lipinski definition) is 0. The predicted molar refractivity (Wildman–Crippen MR) is 63.1 cm³/mol. The van der Waals surface area contributed by atoms with Crippen LogP contribution in [0.15, 0.2) is 17.4 Å². The van der Waals surface area contributed by atoms with Crippen molar-refractivity contribution in [3.63, 3.8) is 0 Å². The number of aromatic nitrogens is 2. The van der Waals surface area contributed by atoms with Crippen LogP contribution in [-0.4, -0.2) is 38.3 Å². The van der Waals surface area contributed by atoms with Gasteiger partial charge in [0.05, 0.1) is 11.5 Å². The fraction of sp³-hybridized carbons (Fsp3) is 0.500. The van der Waals surface area contributed by atoms with E-state index in [2.05, 4.69) is 9.97 Å². The van der Waals surface area contributed by atoms with Gasteiger partial charge in [-0.2, -0.15) is 0 Å². The van der Waals surface area contributed by atoms with Gasteiger partial charge < -0.3 is 0 Å². The summed E-state index contributed by atoms with van der Waals surface area (Å²) in [7, 11) is -2.61. The zero-order valence-electron chi connectivity index (χ0n) is 9.00. The third-order valence-electron chi connectivity index (χ3n) is 1.98. The molecule has 0 aromatic carbocycles. The van der Waals surface area contributed by atoms with Gasteiger partial charge in [-0.1, -0.05) is 6.92 Å². The molecule has 1 aromatic rings. The summed E-state index contributed by atoms with van der Waals surface area (Å²) in [5.41, 5.74) is 0.576. The van der Waals surface area contributed by atoms with E-state index in [9.17, 15) is 16.8 Å². The molecule has 0 radical (unpaired) electrons. The molecule has 0 fully saturated rings. The van der Waals surface area contributed by atoms with Crippen LogP contribution >= 0.6 is 10.7 Å². The number of rotatable bonds is 5. The Hall–Kier alpha value is -0.730. The maximum atomic E-state index is 11.7. The summed E-state index contributed by atoms with van der Waals surface area (Å²) in [6.07, 6.45) is 1.71. The molecule has 1 aromatic heterocycles. The Kier molecular flexibility index (Phi) is 4.45. The largest absolute Gasteiger partial charge is 0.241 e. The Balaban J connectivity index is 2.97. The number of nitrogens with zero attached hydrogens (tertiary/aromatic N) is 2. The van der Waals surface area contributed by atoms with Crippen molar-refractivity contribution in [1.82, 2.24) is 9.97 Å². The predicted octanol–water partition coefficient (Wildman–Crippen LogP) is 0.381. The van der Waals surface area contributed by atoms with Gasteiger partial charge in [-0.05, 0) is 12.5 Å². The van der Waals surface area contributed by atoms with Gasteiger partial charge in [0, 0.05) is 16.4 Å². The SMILES string of the molecule is CCc1cc(S(=O)(=O)CCS(=O)(=O)Cl)ncn1. The van der Waals surface area contributed by atoms with E-state index in [1.165, 1.54) is 6.07 Å². The maximum Gasteiger partial charge on any atom is 0.233 e. The number of hydrogen-bond acceptors (Lipinski definition) is 6. The molecule has 0 spiro atoms. The molecule has 0 aliphatic rings. The molecule has 0 atom stereocenters. The smallest absolute Gasteiger partial charge is 0.233 e. The molecule has 0 saturated carbocycles. The molecule has 9 heteroatoms. The van der Waals surface area contributed by atoms with Crippen LogP contribution in [0.5, 0.6) is 0 Å². The summed E-state index contributed by atoms with van der Waals surface area (Å²) in [5.74, 6) is -1.22. The summed E-state index contributed by atoms with van der Waals surface area (Å²) in [4.78, 5) is 7.48. The maximum absolute atomic E-state index is 11.7. The van der Waals surface area contributed by atoms with E-state index >= 15 is 0 Å². The lowest BCUT2D eigenvalue weighted by atomic mass is 10.3. The molecular weight excluding hydrogens is 288 g/mol. The van der Waals surface area contributed by atoms with Crippen LogP contribution in [0.3, 0.4) is 0 Å². The molecular formula is C8H11ClN2O4S2. The van der Waals surface area contributed by atoms with Crippen LogP contribution in [0.4, 0.5) is 0 Å². The van der Waals surface area contributed by atoms with Crippen molar-refractivity contribution < 1.29 is 16.8 Å². The average molecular weight is 299 g/mol. The summed E-state index contributed by atoms with van der Waals surface area (Å²) in [6.45, 7) is 1.82. The van der Waals surface area contributed by atoms with Crippen molar-refractivity contribution in [2.24, 2.45) is 0 Å². The van der Waals surface area contributed by atoms with Crippen LogP contribution in [0.2, 0.25) is 0 Å². The number of aryl methyl sites for hydroxylation is 1. The number of halogens is 1. The van der Waals surface area contributed by atoms with E-state index in [1.807, 2.05) is 6.92 Å². The summed E-state index contributed by atoms with van der Waals surface area (Å²) >= 11 is 0. The second kappa shape index (κ2) is 5.28. The third kappa shape index (κ3) is 4.57. The van der Waals surface area contributed by atoms with Gasteiger partial charge in [-0.25, -0.2) is 26.8 Å². The minimum Gasteiger partial charge on any atom is -0.241 e. The molecule has 0 aliphatic heterocycles. The fourth-order valence-corrected chi connectivity index (χ4v) is 4.03. The minimum atomic E-state index is -3.83. The molecule has 17 heavy (non-hydrogen) atoms. The highest BCUT2D eigenvalue weighted by molar-refractivity contribution is 8.14. The molecule has 1 rings (SSSR count). The lowest BCUT2D eigenvalue weighted by molar-refractivity contribution is 0.589. The van der Waals surface area contributed by atoms with E-state index in [-0.39, 0.29) is 5.03 Å². The van der Waals surface area contributed by atoms with Crippen molar-refractivity contribution in [3.8, 4) is 0 Å². The zero-order valence-corrected chi connectivity index (χ0v) is 11.4. The lowest BCUT2D eigenvalue weighted by Crippen LogP contribution is -2.15. The fourth-order valence-electron chi connectivity index (χ4n) is 1.05. The first-order valence-electron chi connectivity index (χ1n) is 4.70. The van der Waals surface area contributed by atoms with Crippen LogP contribution in [0.1, 0.15) is 12.6 Å². The highest BCUT2D eigenvalue weighted by atomic mass is 35.7. The summed E-state index contributed by atoms with van der Waals surface area (Å²) in [6, 6.07) is 1.33. The number of sulfone groups is 1. The monoisotopic (exact) mass is 298 g/mol. The summed E-state index contributed by atoms with van der Waals surface area (Å²) in [5, 5.41) is -0.176. The van der Waals surface area contributed by atoms with Crippen LogP contribution in [-0.2, 0) is 25.3 Å². The molecule has 0 N–H and O–H groups in total. The van der Waals surface area contributed by atoms with E-state index in [0.717, 1.165) is 6.33 Å². The molecule has 6 nitrogen and oxygen atoms in total. The first kappa shape index (κ1) is 14.3. The van der Waals surface area contributed by atoms with Gasteiger partial charge in [0.15, 0.2) is 14.9 Å². The quantitative estimate of drug-likeness (QED) is 0.576. The highest BCUT2D eigenvalue weighted by Crippen LogP contribution is 2.10. The Bertz CT molecular complexity index is 598. The first-order valence-corrected chi connectivity index (χ1v) is 8.83. The van der Waals surface area contributed by atoms with E-state index in [1.54, 1.807) is 0 Å². The van der Waals surface area contributed by atoms with Gasteiger partial charge >= 0.3 is 0 Å². The van der Waals surface area contributed by atoms with Crippen LogP contribution in [0.25, 0.3) is 0 Å². The zero-order chi connectivity index (χ0) is 13.1. The molecule has 1 heterocycles. The molecule has 0 unspecified atom stereocenters. The Morgan fingerprint density at radius 1 is 1.18 bits per heavy atom. The van der Waals surface area contributed by atoms with Gasteiger partial charge in [-0.3, -0.25) is 0 Å². The topological polar surface area (TPSA) is 94.1 Å². The van der Waals surface area contributed by atoms with Gasteiger partial charge in [0.25, 0.3) is 0 Å². The Morgan fingerprint density at radius 2 is 1.82 bits per heavy atom. The molecule has 0 saturated heterocycles. The normalized spacial score (nSPS) is 12.6. The van der Waals surface area contributed by atoms with Gasteiger partial charge in [0.1, 0.15) is 6.33 Å². The van der Waals surface area contributed by atoms with Crippen molar-refractivity contribution in [1.29, 1.82) is 0 Å². The van der Waals surface area contributed by atoms with Crippen molar-refractivity contribution in [2.75, 3.05) is 11.5 Å². The molecule has 0 bridgehead atoms. The Labute approximate surface area is 104 Å². The van der Waals surface area contributed by atoms with Crippen molar-refractivity contribution in [3.05, 3.63) is 18.1 Å². The second-order valence-corrected chi connectivity index (χ2v) is 8.22. The Morgan fingerprint density at radius 3 is 2.35 bits per heavy atom. The molecule has 0 amide bonds. The summed E-state index contributed by atoms with van der Waals surface area (Å²) < 4.78 is 44.9. The standard InChI is InChI=1S/C8H11ClN2O4S2/c1-2-7-5-8(11-6-10-7)16(12,13)3-4-17(9,14)15/h5-6H,2-4H2,1H3. The second-order valence-electron chi connectivity index (χ2n) is 3.26. The van der Waals surface area contributed by atoms with Crippen molar-refractivity contribution in [2.45, 2.75) is 18.4 Å². The van der Waals surface area contributed by atoms with Gasteiger partial charge in [0.2, 0.25) is 9.05 Å². The van der Waals surface area contributed by atoms with E-state index in [0.29, 0.717) is 12.1 Å². The molecule has 0 aliphatic carbocycles. The first-order chi connectivity index (χ1) is 7.74. The third-order valence-corrected chi connectivity index (χ3v) is 4.99. The van der Waals surface area contributed by atoms with Crippen LogP contribution in [0, 0.1) is 0 Å². The molecule has 96 valence electrons. The van der Waals surface area contributed by atoms with Crippen LogP contribution < -0.4 is 0 Å². The van der Waals surface area contributed by atoms with Crippen molar-refractivity contribution >= 4 is 29.6 Å². The van der Waals surface area contributed by atoms with E-state index < -0.39 is 30.4 Å². The highest BCUT2D eigenvalue weighted by Gasteiger charge is 2.20. The lowest BCUT2D eigenvalue weighted by Gasteiger charge is -2.03. The average Bonchev–Trinajstić information content (AvgIpc) is 2.26. The van der Waals surface area contributed by atoms with E-state index in [4.69, 9.17) is 10.7 Å².